The normalized spacial score (nSPS) is 20.9. The van der Waals surface area contributed by atoms with Gasteiger partial charge >= 0.3 is 0 Å². The third kappa shape index (κ3) is 2.98. The van der Waals surface area contributed by atoms with Gasteiger partial charge in [0.15, 0.2) is 5.78 Å². The van der Waals surface area contributed by atoms with Gasteiger partial charge < -0.3 is 4.74 Å². The van der Waals surface area contributed by atoms with Crippen molar-refractivity contribution >= 4 is 5.78 Å². The van der Waals surface area contributed by atoms with Gasteiger partial charge in [-0.3, -0.25) is 9.69 Å². The molecule has 0 radical (unpaired) electrons. The van der Waals surface area contributed by atoms with E-state index < -0.39 is 0 Å². The van der Waals surface area contributed by atoms with E-state index in [-0.39, 0.29) is 5.78 Å². The van der Waals surface area contributed by atoms with Crippen molar-refractivity contribution in [2.75, 3.05) is 26.3 Å². The van der Waals surface area contributed by atoms with Crippen molar-refractivity contribution in [2.45, 2.75) is 26.8 Å². The average molecular weight is 247 g/mol. The Balaban J connectivity index is 2.07. The molecule has 0 amide bonds. The molecule has 0 aliphatic carbocycles. The van der Waals surface area contributed by atoms with Crippen LogP contribution in [0.15, 0.2) is 18.2 Å². The molecule has 1 aliphatic heterocycles. The topological polar surface area (TPSA) is 29.5 Å². The van der Waals surface area contributed by atoms with E-state index in [9.17, 15) is 4.79 Å². The SMILES string of the molecule is Cc1ccc(C(=O)CN2CCOCC2C)c(C)c1. The fraction of sp³-hybridized carbons (Fsp3) is 0.533. The van der Waals surface area contributed by atoms with E-state index in [4.69, 9.17) is 4.74 Å². The van der Waals surface area contributed by atoms with Gasteiger partial charge in [-0.2, -0.15) is 0 Å². The van der Waals surface area contributed by atoms with Gasteiger partial charge in [0, 0.05) is 18.2 Å². The molecule has 1 fully saturated rings. The van der Waals surface area contributed by atoms with Gasteiger partial charge in [0.2, 0.25) is 0 Å². The standard InChI is InChI=1S/C15H21NO2/c1-11-4-5-14(12(2)8-11)15(17)9-16-6-7-18-10-13(16)3/h4-5,8,13H,6-7,9-10H2,1-3H3. The summed E-state index contributed by atoms with van der Waals surface area (Å²) in [4.78, 5) is 14.5. The van der Waals surface area contributed by atoms with Crippen LogP contribution in [0.1, 0.15) is 28.4 Å². The minimum absolute atomic E-state index is 0.209. The van der Waals surface area contributed by atoms with Crippen LogP contribution in [-0.2, 0) is 4.74 Å². The Hall–Kier alpha value is -1.19. The fourth-order valence-corrected chi connectivity index (χ4v) is 2.39. The summed E-state index contributed by atoms with van der Waals surface area (Å²) in [7, 11) is 0. The third-order valence-electron chi connectivity index (χ3n) is 3.53. The van der Waals surface area contributed by atoms with Gasteiger partial charge in [-0.05, 0) is 26.3 Å². The van der Waals surface area contributed by atoms with Crippen LogP contribution < -0.4 is 0 Å². The van der Waals surface area contributed by atoms with Crippen molar-refractivity contribution in [3.63, 3.8) is 0 Å². The zero-order chi connectivity index (χ0) is 13.1. The number of ether oxygens (including phenoxy) is 1. The van der Waals surface area contributed by atoms with Gasteiger partial charge in [-0.1, -0.05) is 23.8 Å². The summed E-state index contributed by atoms with van der Waals surface area (Å²) in [6.45, 7) is 8.94. The molecule has 1 heterocycles. The van der Waals surface area contributed by atoms with E-state index in [0.29, 0.717) is 12.6 Å². The molecule has 0 aromatic heterocycles. The number of carbonyl (C=O) groups is 1. The molecule has 0 N–H and O–H groups in total. The summed E-state index contributed by atoms with van der Waals surface area (Å²) in [5.74, 6) is 0.209. The number of aryl methyl sites for hydroxylation is 2. The first-order valence-corrected chi connectivity index (χ1v) is 6.50. The zero-order valence-electron chi connectivity index (χ0n) is 11.4. The maximum Gasteiger partial charge on any atom is 0.177 e. The van der Waals surface area contributed by atoms with Crippen LogP contribution in [0.5, 0.6) is 0 Å². The van der Waals surface area contributed by atoms with Crippen LogP contribution >= 0.6 is 0 Å². The molecule has 1 unspecified atom stereocenters. The van der Waals surface area contributed by atoms with Crippen molar-refractivity contribution in [1.29, 1.82) is 0 Å². The van der Waals surface area contributed by atoms with Crippen LogP contribution in [0, 0.1) is 13.8 Å². The highest BCUT2D eigenvalue weighted by atomic mass is 16.5. The quantitative estimate of drug-likeness (QED) is 0.767. The largest absolute Gasteiger partial charge is 0.379 e. The van der Waals surface area contributed by atoms with Gasteiger partial charge in [0.1, 0.15) is 0 Å². The molecular formula is C15H21NO2. The minimum Gasteiger partial charge on any atom is -0.379 e. The summed E-state index contributed by atoms with van der Waals surface area (Å²) < 4.78 is 5.39. The number of hydrogen-bond donors (Lipinski definition) is 0. The Bertz CT molecular complexity index is 442. The van der Waals surface area contributed by atoms with Gasteiger partial charge in [-0.15, -0.1) is 0 Å². The van der Waals surface area contributed by atoms with Gasteiger partial charge in [0.25, 0.3) is 0 Å². The molecule has 0 saturated carbocycles. The Kier molecular flexibility index (Phi) is 4.15. The molecule has 0 spiro atoms. The molecule has 1 aromatic rings. The van der Waals surface area contributed by atoms with Crippen LogP contribution in [0.25, 0.3) is 0 Å². The molecule has 98 valence electrons. The molecule has 1 aliphatic rings. The molecule has 3 nitrogen and oxygen atoms in total. The molecule has 1 aromatic carbocycles. The number of morpholine rings is 1. The summed E-state index contributed by atoms with van der Waals surface area (Å²) in [6.07, 6.45) is 0. The van der Waals surface area contributed by atoms with Crippen molar-refractivity contribution in [3.8, 4) is 0 Å². The Morgan fingerprint density at radius 3 is 2.89 bits per heavy atom. The predicted octanol–water partition coefficient (Wildman–Crippen LogP) is 2.21. The molecule has 2 rings (SSSR count). The Labute approximate surface area is 109 Å². The average Bonchev–Trinajstić information content (AvgIpc) is 2.32. The van der Waals surface area contributed by atoms with Gasteiger partial charge in [-0.25, -0.2) is 0 Å². The van der Waals surface area contributed by atoms with Crippen molar-refractivity contribution in [3.05, 3.63) is 34.9 Å². The highest BCUT2D eigenvalue weighted by Gasteiger charge is 2.22. The van der Waals surface area contributed by atoms with Crippen LogP contribution in [0.4, 0.5) is 0 Å². The second-order valence-corrected chi connectivity index (χ2v) is 5.14. The number of Topliss-reactive ketones (excluding diaryl/α,β-unsaturated/α-hetero) is 1. The summed E-state index contributed by atoms with van der Waals surface area (Å²) in [6, 6.07) is 6.34. The molecule has 1 saturated heterocycles. The number of nitrogens with zero attached hydrogens (tertiary/aromatic N) is 1. The second-order valence-electron chi connectivity index (χ2n) is 5.14. The molecule has 1 atom stereocenters. The maximum absolute atomic E-state index is 12.3. The lowest BCUT2D eigenvalue weighted by atomic mass is 10.0. The summed E-state index contributed by atoms with van der Waals surface area (Å²) in [5.41, 5.74) is 3.11. The predicted molar refractivity (Wildman–Crippen MR) is 72.1 cm³/mol. The number of carbonyl (C=O) groups excluding carboxylic acids is 1. The molecule has 0 bridgehead atoms. The Morgan fingerprint density at radius 1 is 1.44 bits per heavy atom. The molecule has 3 heteroatoms. The van der Waals surface area contributed by atoms with Crippen LogP contribution in [0.3, 0.4) is 0 Å². The van der Waals surface area contributed by atoms with E-state index in [2.05, 4.69) is 17.9 Å². The third-order valence-corrected chi connectivity index (χ3v) is 3.53. The summed E-state index contributed by atoms with van der Waals surface area (Å²) >= 11 is 0. The highest BCUT2D eigenvalue weighted by Crippen LogP contribution is 2.13. The highest BCUT2D eigenvalue weighted by molar-refractivity contribution is 5.99. The number of hydrogen-bond acceptors (Lipinski definition) is 3. The van der Waals surface area contributed by atoms with Gasteiger partial charge in [0.05, 0.1) is 19.8 Å². The summed E-state index contributed by atoms with van der Waals surface area (Å²) in [5, 5.41) is 0. The number of ketones is 1. The molecular weight excluding hydrogens is 226 g/mol. The second kappa shape index (κ2) is 5.63. The lowest BCUT2D eigenvalue weighted by Crippen LogP contribution is -2.46. The van der Waals surface area contributed by atoms with Crippen molar-refractivity contribution in [2.24, 2.45) is 0 Å². The fourth-order valence-electron chi connectivity index (χ4n) is 2.39. The number of benzene rings is 1. The smallest absolute Gasteiger partial charge is 0.177 e. The first-order chi connectivity index (χ1) is 8.58. The maximum atomic E-state index is 12.3. The number of rotatable bonds is 3. The van der Waals surface area contributed by atoms with Crippen LogP contribution in [0.2, 0.25) is 0 Å². The zero-order valence-corrected chi connectivity index (χ0v) is 11.4. The van der Waals surface area contributed by atoms with E-state index in [1.165, 1.54) is 5.56 Å². The molecule has 18 heavy (non-hydrogen) atoms. The Morgan fingerprint density at radius 2 is 2.22 bits per heavy atom. The first kappa shape index (κ1) is 13.2. The van der Waals surface area contributed by atoms with E-state index in [0.717, 1.165) is 30.9 Å². The van der Waals surface area contributed by atoms with Crippen molar-refractivity contribution < 1.29 is 9.53 Å². The van der Waals surface area contributed by atoms with E-state index >= 15 is 0 Å². The van der Waals surface area contributed by atoms with E-state index in [1.807, 2.05) is 26.0 Å². The minimum atomic E-state index is 0.209. The van der Waals surface area contributed by atoms with Crippen molar-refractivity contribution in [1.82, 2.24) is 4.90 Å². The lowest BCUT2D eigenvalue weighted by molar-refractivity contribution is 0.00200. The van der Waals surface area contributed by atoms with Crippen LogP contribution in [-0.4, -0.2) is 43.0 Å². The lowest BCUT2D eigenvalue weighted by Gasteiger charge is -2.32. The monoisotopic (exact) mass is 247 g/mol. The first-order valence-electron chi connectivity index (χ1n) is 6.50. The van der Waals surface area contributed by atoms with E-state index in [1.54, 1.807) is 0 Å².